The molecule has 0 radical (unpaired) electrons. The maximum Gasteiger partial charge on any atom is 0.0195 e. The molecule has 11 heavy (non-hydrogen) atoms. The summed E-state index contributed by atoms with van der Waals surface area (Å²) in [4.78, 5) is 2.65. The smallest absolute Gasteiger partial charge is 0.0195 e. The Kier molecular flexibility index (Phi) is 2.72. The lowest BCUT2D eigenvalue weighted by molar-refractivity contribution is 0.188. The number of rotatable bonds is 1. The highest BCUT2D eigenvalue weighted by Gasteiger charge is 2.23. The standard InChI is InChI=1S/C8H16N2S/c1-6-11-7-8(1)10-4-2-9-3-5-10/h8-9H,1-7H2. The van der Waals surface area contributed by atoms with Gasteiger partial charge in [0.05, 0.1) is 0 Å². The average molecular weight is 172 g/mol. The van der Waals surface area contributed by atoms with Gasteiger partial charge in [0.15, 0.2) is 0 Å². The molecule has 0 bridgehead atoms. The Balaban J connectivity index is 1.82. The molecule has 0 aromatic heterocycles. The van der Waals surface area contributed by atoms with Gasteiger partial charge in [-0.05, 0) is 12.2 Å². The van der Waals surface area contributed by atoms with Crippen LogP contribution < -0.4 is 5.32 Å². The summed E-state index contributed by atoms with van der Waals surface area (Å²) in [6.07, 6.45) is 1.42. The van der Waals surface area contributed by atoms with Crippen molar-refractivity contribution < 1.29 is 0 Å². The van der Waals surface area contributed by atoms with Gasteiger partial charge in [0.1, 0.15) is 0 Å². The lowest BCUT2D eigenvalue weighted by atomic mass is 10.2. The number of piperazine rings is 1. The summed E-state index contributed by atoms with van der Waals surface area (Å²) in [6, 6.07) is 0.905. The van der Waals surface area contributed by atoms with Crippen molar-refractivity contribution in [2.45, 2.75) is 12.5 Å². The minimum Gasteiger partial charge on any atom is -0.314 e. The molecule has 2 rings (SSSR count). The second-order valence-corrected chi connectivity index (χ2v) is 4.45. The van der Waals surface area contributed by atoms with Crippen molar-refractivity contribution >= 4 is 11.8 Å². The highest BCUT2D eigenvalue weighted by molar-refractivity contribution is 7.99. The summed E-state index contributed by atoms with van der Waals surface area (Å²) in [7, 11) is 0. The van der Waals surface area contributed by atoms with Crippen LogP contribution in [0.3, 0.4) is 0 Å². The van der Waals surface area contributed by atoms with E-state index in [1.165, 1.54) is 44.1 Å². The molecule has 0 saturated carbocycles. The van der Waals surface area contributed by atoms with Crippen LogP contribution in [0, 0.1) is 0 Å². The number of hydrogen-bond donors (Lipinski definition) is 1. The molecule has 2 aliphatic rings. The summed E-state index contributed by atoms with van der Waals surface area (Å²) in [6.45, 7) is 4.93. The molecule has 2 aliphatic heterocycles. The molecule has 0 aromatic carbocycles. The van der Waals surface area contributed by atoms with Crippen molar-refractivity contribution in [3.8, 4) is 0 Å². The first-order chi connectivity index (χ1) is 5.47. The number of hydrogen-bond acceptors (Lipinski definition) is 3. The van der Waals surface area contributed by atoms with E-state index in [2.05, 4.69) is 22.0 Å². The second kappa shape index (κ2) is 3.78. The maximum atomic E-state index is 3.39. The highest BCUT2D eigenvalue weighted by Crippen LogP contribution is 2.22. The van der Waals surface area contributed by atoms with Gasteiger partial charge in [0.2, 0.25) is 0 Å². The Morgan fingerprint density at radius 3 is 2.73 bits per heavy atom. The zero-order chi connectivity index (χ0) is 7.52. The van der Waals surface area contributed by atoms with Crippen LogP contribution in [0.15, 0.2) is 0 Å². The van der Waals surface area contributed by atoms with Crippen molar-refractivity contribution in [2.24, 2.45) is 0 Å². The van der Waals surface area contributed by atoms with E-state index in [4.69, 9.17) is 0 Å². The fourth-order valence-electron chi connectivity index (χ4n) is 1.86. The van der Waals surface area contributed by atoms with E-state index < -0.39 is 0 Å². The van der Waals surface area contributed by atoms with E-state index in [-0.39, 0.29) is 0 Å². The first-order valence-corrected chi connectivity index (χ1v) is 5.65. The van der Waals surface area contributed by atoms with Crippen LogP contribution in [0.2, 0.25) is 0 Å². The van der Waals surface area contributed by atoms with Crippen LogP contribution in [0.25, 0.3) is 0 Å². The largest absolute Gasteiger partial charge is 0.314 e. The highest BCUT2D eigenvalue weighted by atomic mass is 32.2. The van der Waals surface area contributed by atoms with Crippen LogP contribution in [0.1, 0.15) is 6.42 Å². The first kappa shape index (κ1) is 7.90. The maximum absolute atomic E-state index is 3.39. The third kappa shape index (κ3) is 1.89. The zero-order valence-corrected chi connectivity index (χ0v) is 7.70. The third-order valence-electron chi connectivity index (χ3n) is 2.57. The number of nitrogens with one attached hydrogen (secondary N) is 1. The minimum atomic E-state index is 0.905. The molecule has 1 unspecified atom stereocenters. The molecule has 1 N–H and O–H groups in total. The normalized spacial score (nSPS) is 34.4. The van der Waals surface area contributed by atoms with Crippen LogP contribution in [0.4, 0.5) is 0 Å². The van der Waals surface area contributed by atoms with Crippen LogP contribution in [-0.4, -0.2) is 48.6 Å². The average Bonchev–Trinajstić information content (AvgIpc) is 2.58. The monoisotopic (exact) mass is 172 g/mol. The Morgan fingerprint density at radius 2 is 2.09 bits per heavy atom. The van der Waals surface area contributed by atoms with E-state index in [0.717, 1.165) is 6.04 Å². The van der Waals surface area contributed by atoms with Crippen LogP contribution in [0.5, 0.6) is 0 Å². The van der Waals surface area contributed by atoms with Crippen molar-refractivity contribution in [2.75, 3.05) is 37.7 Å². The second-order valence-electron chi connectivity index (χ2n) is 3.30. The Morgan fingerprint density at radius 1 is 1.27 bits per heavy atom. The number of nitrogens with zero attached hydrogens (tertiary/aromatic N) is 1. The van der Waals surface area contributed by atoms with Crippen molar-refractivity contribution in [3.63, 3.8) is 0 Å². The first-order valence-electron chi connectivity index (χ1n) is 4.49. The van der Waals surface area contributed by atoms with Gasteiger partial charge in [-0.15, -0.1) is 0 Å². The predicted octanol–water partition coefficient (Wildman–Crippen LogP) is 0.397. The van der Waals surface area contributed by atoms with E-state index in [9.17, 15) is 0 Å². The van der Waals surface area contributed by atoms with E-state index in [1.807, 2.05) is 0 Å². The van der Waals surface area contributed by atoms with Crippen molar-refractivity contribution in [3.05, 3.63) is 0 Å². The number of thioether (sulfide) groups is 1. The summed E-state index contributed by atoms with van der Waals surface area (Å²) in [5.41, 5.74) is 0. The molecule has 0 aliphatic carbocycles. The van der Waals surface area contributed by atoms with Gasteiger partial charge in [-0.1, -0.05) is 0 Å². The fourth-order valence-corrected chi connectivity index (χ4v) is 3.11. The molecular formula is C8H16N2S. The van der Waals surface area contributed by atoms with Gasteiger partial charge in [0.25, 0.3) is 0 Å². The van der Waals surface area contributed by atoms with Gasteiger partial charge >= 0.3 is 0 Å². The van der Waals surface area contributed by atoms with E-state index in [0.29, 0.717) is 0 Å². The van der Waals surface area contributed by atoms with Gasteiger partial charge in [-0.2, -0.15) is 11.8 Å². The van der Waals surface area contributed by atoms with Gasteiger partial charge < -0.3 is 5.32 Å². The van der Waals surface area contributed by atoms with Crippen molar-refractivity contribution in [1.29, 1.82) is 0 Å². The Bertz CT molecular complexity index is 117. The topological polar surface area (TPSA) is 15.3 Å². The quantitative estimate of drug-likeness (QED) is 0.616. The van der Waals surface area contributed by atoms with Crippen molar-refractivity contribution in [1.82, 2.24) is 10.2 Å². The van der Waals surface area contributed by atoms with E-state index >= 15 is 0 Å². The predicted molar refractivity (Wildman–Crippen MR) is 50.2 cm³/mol. The third-order valence-corrected chi connectivity index (χ3v) is 3.72. The molecule has 0 spiro atoms. The van der Waals surface area contributed by atoms with Gasteiger partial charge in [-0.3, -0.25) is 4.90 Å². The molecular weight excluding hydrogens is 156 g/mol. The molecule has 2 heterocycles. The molecule has 2 fully saturated rings. The molecule has 3 heteroatoms. The molecule has 2 nitrogen and oxygen atoms in total. The van der Waals surface area contributed by atoms with Gasteiger partial charge in [0, 0.05) is 38.0 Å². The molecule has 0 aromatic rings. The molecule has 0 amide bonds. The Hall–Kier alpha value is 0.270. The zero-order valence-electron chi connectivity index (χ0n) is 6.88. The summed E-state index contributed by atoms with van der Waals surface area (Å²) < 4.78 is 0. The summed E-state index contributed by atoms with van der Waals surface area (Å²) in [5, 5.41) is 3.39. The SMILES string of the molecule is C1CN(C2CCSC2)CCN1. The summed E-state index contributed by atoms with van der Waals surface area (Å²) in [5.74, 6) is 2.76. The molecule has 1 atom stereocenters. The molecule has 2 saturated heterocycles. The van der Waals surface area contributed by atoms with Gasteiger partial charge in [-0.25, -0.2) is 0 Å². The molecule has 64 valence electrons. The van der Waals surface area contributed by atoms with E-state index in [1.54, 1.807) is 0 Å². The lowest BCUT2D eigenvalue weighted by Crippen LogP contribution is -2.48. The summed E-state index contributed by atoms with van der Waals surface area (Å²) >= 11 is 2.11. The minimum absolute atomic E-state index is 0.905. The Labute approximate surface area is 72.7 Å². The van der Waals surface area contributed by atoms with Crippen LogP contribution in [-0.2, 0) is 0 Å². The van der Waals surface area contributed by atoms with Crippen LogP contribution >= 0.6 is 11.8 Å². The lowest BCUT2D eigenvalue weighted by Gasteiger charge is -2.32. The fraction of sp³-hybridized carbons (Fsp3) is 1.00.